The summed E-state index contributed by atoms with van der Waals surface area (Å²) in [6.07, 6.45) is 7.75. The van der Waals surface area contributed by atoms with E-state index in [9.17, 15) is 0 Å². The van der Waals surface area contributed by atoms with Crippen LogP contribution in [0.1, 0.15) is 37.8 Å². The molecule has 0 spiro atoms. The van der Waals surface area contributed by atoms with Crippen LogP contribution in [0.3, 0.4) is 0 Å². The first kappa shape index (κ1) is 24.6. The molecule has 204 valence electrons. The van der Waals surface area contributed by atoms with Crippen LogP contribution in [0.25, 0.3) is 33.3 Å². The number of benzene rings is 4. The topological polar surface area (TPSA) is 38.9 Å². The van der Waals surface area contributed by atoms with E-state index in [2.05, 4.69) is 125 Å². The summed E-state index contributed by atoms with van der Waals surface area (Å²) < 4.78 is 4.23. The summed E-state index contributed by atoms with van der Waals surface area (Å²) in [6, 6.07) is 39.3. The van der Waals surface area contributed by atoms with Crippen LogP contribution in [0, 0.1) is 0 Å². The van der Waals surface area contributed by atoms with Gasteiger partial charge < -0.3 is 4.90 Å². The van der Waals surface area contributed by atoms with Crippen LogP contribution >= 0.6 is 0 Å². The molecule has 0 atom stereocenters. The summed E-state index contributed by atoms with van der Waals surface area (Å²) in [7, 11) is 0. The maximum absolute atomic E-state index is 4.76. The van der Waals surface area contributed by atoms with Crippen molar-refractivity contribution in [3.8, 4) is 11.5 Å². The molecule has 8 rings (SSSR count). The van der Waals surface area contributed by atoms with Gasteiger partial charge in [0.15, 0.2) is 0 Å². The van der Waals surface area contributed by atoms with E-state index in [1.54, 1.807) is 0 Å². The fourth-order valence-corrected chi connectivity index (χ4v) is 7.14. The molecule has 3 aromatic heterocycles. The Morgan fingerprint density at radius 3 is 2.19 bits per heavy atom. The van der Waals surface area contributed by atoms with Crippen molar-refractivity contribution in [2.24, 2.45) is 0 Å². The van der Waals surface area contributed by atoms with Gasteiger partial charge in [-0.2, -0.15) is 5.10 Å². The van der Waals surface area contributed by atoms with Gasteiger partial charge in [0.1, 0.15) is 5.82 Å². The molecule has 0 radical (unpaired) electrons. The van der Waals surface area contributed by atoms with E-state index in [0.717, 1.165) is 41.1 Å². The number of anilines is 3. The molecule has 0 fully saturated rings. The van der Waals surface area contributed by atoms with E-state index in [-0.39, 0.29) is 5.41 Å². The monoisotopic (exact) mass is 545 g/mol. The number of aromatic nitrogens is 4. The lowest BCUT2D eigenvalue weighted by Gasteiger charge is -2.45. The van der Waals surface area contributed by atoms with Gasteiger partial charge in [0, 0.05) is 40.5 Å². The largest absolute Gasteiger partial charge is 0.310 e. The first-order chi connectivity index (χ1) is 20.7. The van der Waals surface area contributed by atoms with E-state index in [0.29, 0.717) is 0 Å². The highest BCUT2D eigenvalue weighted by Crippen LogP contribution is 2.55. The van der Waals surface area contributed by atoms with E-state index in [1.807, 2.05) is 35.4 Å². The molecule has 42 heavy (non-hydrogen) atoms. The Balaban J connectivity index is 1.44. The molecule has 0 aliphatic carbocycles. The zero-order valence-corrected chi connectivity index (χ0v) is 23.8. The highest BCUT2D eigenvalue weighted by atomic mass is 15.3. The Bertz CT molecular complexity index is 2070. The van der Waals surface area contributed by atoms with E-state index in [1.165, 1.54) is 33.3 Å². The van der Waals surface area contributed by atoms with Crippen molar-refractivity contribution in [3.63, 3.8) is 0 Å². The maximum atomic E-state index is 4.76. The number of pyridine rings is 1. The molecule has 0 unspecified atom stereocenters. The summed E-state index contributed by atoms with van der Waals surface area (Å²) in [6.45, 7) is 4.64. The molecule has 4 aromatic carbocycles. The predicted octanol–water partition coefficient (Wildman–Crippen LogP) is 9.25. The Morgan fingerprint density at radius 2 is 1.38 bits per heavy atom. The molecule has 1 aliphatic rings. The van der Waals surface area contributed by atoms with Crippen LogP contribution in [0.5, 0.6) is 0 Å². The van der Waals surface area contributed by atoms with Gasteiger partial charge in [0.2, 0.25) is 0 Å². The van der Waals surface area contributed by atoms with Gasteiger partial charge in [-0.3, -0.25) is 4.57 Å². The normalized spacial score (nSPS) is 13.8. The second-order valence-corrected chi connectivity index (χ2v) is 11.0. The van der Waals surface area contributed by atoms with E-state index < -0.39 is 0 Å². The molecule has 5 heteroatoms. The number of rotatable bonds is 5. The zero-order chi connectivity index (χ0) is 28.3. The summed E-state index contributed by atoms with van der Waals surface area (Å²) >= 11 is 0. The molecule has 0 saturated carbocycles. The van der Waals surface area contributed by atoms with Gasteiger partial charge in [0.05, 0.1) is 28.1 Å². The molecular formula is C37H31N5. The third kappa shape index (κ3) is 3.43. The number of fused-ring (bicyclic) bond motifs is 5. The molecule has 5 nitrogen and oxygen atoms in total. The SMILES string of the molecule is CCC1(CC)c2ccccc2N(c2ccc3c4ccccc4n(-c4ccccn4)c3c2)c2cc(-n3cccn3)ccc21. The maximum Gasteiger partial charge on any atom is 0.137 e. The first-order valence-electron chi connectivity index (χ1n) is 14.7. The minimum absolute atomic E-state index is 0.0714. The Labute approximate surface area is 245 Å². The lowest BCUT2D eigenvalue weighted by molar-refractivity contribution is 0.474. The highest BCUT2D eigenvalue weighted by Gasteiger charge is 2.41. The van der Waals surface area contributed by atoms with Crippen molar-refractivity contribution in [3.05, 3.63) is 139 Å². The van der Waals surface area contributed by atoms with Crippen molar-refractivity contribution >= 4 is 38.9 Å². The van der Waals surface area contributed by atoms with Crippen LogP contribution in [-0.2, 0) is 5.41 Å². The van der Waals surface area contributed by atoms with Gasteiger partial charge in [-0.15, -0.1) is 0 Å². The zero-order valence-electron chi connectivity index (χ0n) is 23.8. The van der Waals surface area contributed by atoms with E-state index in [4.69, 9.17) is 4.98 Å². The summed E-state index contributed by atoms with van der Waals surface area (Å²) in [5.74, 6) is 0.914. The van der Waals surface area contributed by atoms with Crippen LogP contribution in [-0.4, -0.2) is 19.3 Å². The minimum atomic E-state index is -0.0714. The van der Waals surface area contributed by atoms with Gasteiger partial charge in [-0.1, -0.05) is 68.4 Å². The number of hydrogen-bond acceptors (Lipinski definition) is 3. The van der Waals surface area contributed by atoms with Crippen molar-refractivity contribution in [1.29, 1.82) is 0 Å². The fourth-order valence-electron chi connectivity index (χ4n) is 7.14. The molecule has 0 amide bonds. The van der Waals surface area contributed by atoms with Crippen molar-refractivity contribution in [2.45, 2.75) is 32.1 Å². The van der Waals surface area contributed by atoms with Crippen molar-refractivity contribution in [2.75, 3.05) is 4.90 Å². The fraction of sp³-hybridized carbons (Fsp3) is 0.135. The summed E-state index contributed by atoms with van der Waals surface area (Å²) in [5.41, 5.74) is 9.54. The first-order valence-corrected chi connectivity index (χ1v) is 14.7. The van der Waals surface area contributed by atoms with Gasteiger partial charge in [-0.05, 0) is 78.6 Å². The Morgan fingerprint density at radius 1 is 0.619 bits per heavy atom. The van der Waals surface area contributed by atoms with Crippen LogP contribution in [0.4, 0.5) is 17.1 Å². The van der Waals surface area contributed by atoms with E-state index >= 15 is 0 Å². The average molecular weight is 546 g/mol. The minimum Gasteiger partial charge on any atom is -0.310 e. The predicted molar refractivity (Wildman–Crippen MR) is 172 cm³/mol. The van der Waals surface area contributed by atoms with Crippen molar-refractivity contribution in [1.82, 2.24) is 19.3 Å². The smallest absolute Gasteiger partial charge is 0.137 e. The van der Waals surface area contributed by atoms with Crippen LogP contribution in [0.2, 0.25) is 0 Å². The molecule has 0 bridgehead atoms. The molecule has 0 saturated heterocycles. The van der Waals surface area contributed by atoms with Gasteiger partial charge >= 0.3 is 0 Å². The molecule has 4 heterocycles. The molecule has 0 N–H and O–H groups in total. The number of hydrogen-bond donors (Lipinski definition) is 0. The second-order valence-electron chi connectivity index (χ2n) is 11.0. The quantitative estimate of drug-likeness (QED) is 0.216. The lowest BCUT2D eigenvalue weighted by Crippen LogP contribution is -2.34. The average Bonchev–Trinajstić information content (AvgIpc) is 3.71. The van der Waals surface area contributed by atoms with Crippen molar-refractivity contribution < 1.29 is 0 Å². The third-order valence-corrected chi connectivity index (χ3v) is 9.17. The van der Waals surface area contributed by atoms with Gasteiger partial charge in [-0.25, -0.2) is 9.67 Å². The standard InChI is InChI=1S/C37H31N5/c1-3-37(4-2)30-13-6-8-15-33(30)41(35-24-26(18-20-31(35)37)40-23-11-22-39-40)27-17-19-29-28-12-5-7-14-32(28)42(34(29)25-27)36-16-9-10-21-38-36/h5-25H,3-4H2,1-2H3. The highest BCUT2D eigenvalue weighted by molar-refractivity contribution is 6.10. The lowest BCUT2D eigenvalue weighted by atomic mass is 9.67. The molecular weight excluding hydrogens is 514 g/mol. The summed E-state index contributed by atoms with van der Waals surface area (Å²) in [5, 5.41) is 6.99. The third-order valence-electron chi connectivity index (χ3n) is 9.17. The Hall–Kier alpha value is -5.16. The number of para-hydroxylation sites is 2. The second kappa shape index (κ2) is 9.45. The molecule has 7 aromatic rings. The Kier molecular flexibility index (Phi) is 5.54. The van der Waals surface area contributed by atoms with Gasteiger partial charge in [0.25, 0.3) is 0 Å². The van der Waals surface area contributed by atoms with Crippen LogP contribution < -0.4 is 4.90 Å². The molecule has 1 aliphatic heterocycles. The number of nitrogens with zero attached hydrogens (tertiary/aromatic N) is 5. The van der Waals surface area contributed by atoms with Crippen LogP contribution in [0.15, 0.2) is 128 Å². The summed E-state index contributed by atoms with van der Waals surface area (Å²) in [4.78, 5) is 7.20.